The molecule has 0 spiro atoms. The maximum absolute atomic E-state index is 11.7. The Hall–Kier alpha value is -3.30. The summed E-state index contributed by atoms with van der Waals surface area (Å²) in [4.78, 5) is 16.8. The van der Waals surface area contributed by atoms with Gasteiger partial charge in [-0.1, -0.05) is 30.3 Å². The lowest BCUT2D eigenvalue weighted by molar-refractivity contribution is 0.0703. The third-order valence-corrected chi connectivity index (χ3v) is 6.29. The third kappa shape index (κ3) is 3.66. The first-order valence-corrected chi connectivity index (χ1v) is 10.3. The van der Waals surface area contributed by atoms with Crippen LogP contribution in [0.2, 0.25) is 0 Å². The molecule has 2 aromatic carbocycles. The minimum Gasteiger partial charge on any atom is -0.477 e. The number of aromatic nitrogens is 1. The van der Waals surface area contributed by atoms with Gasteiger partial charge >= 0.3 is 5.97 Å². The molecule has 7 nitrogen and oxygen atoms in total. The molecule has 0 saturated carbocycles. The third-order valence-electron chi connectivity index (χ3n) is 5.21. The number of carboxylic acids is 1. The van der Waals surface area contributed by atoms with E-state index in [1.54, 1.807) is 12.1 Å². The highest BCUT2D eigenvalue weighted by molar-refractivity contribution is 7.21. The van der Waals surface area contributed by atoms with Crippen LogP contribution in [0.3, 0.4) is 0 Å². The van der Waals surface area contributed by atoms with Gasteiger partial charge in [0.15, 0.2) is 0 Å². The zero-order valence-corrected chi connectivity index (χ0v) is 17.2. The monoisotopic (exact) mass is 436 g/mol. The number of thiophene rings is 1. The van der Waals surface area contributed by atoms with Crippen LogP contribution in [-0.4, -0.2) is 31.4 Å². The van der Waals surface area contributed by atoms with E-state index in [2.05, 4.69) is 4.98 Å². The number of anilines is 1. The fraction of sp³-hybridized carbons (Fsp3) is 0.130. The minimum absolute atomic E-state index is 0.00528. The van der Waals surface area contributed by atoms with E-state index in [4.69, 9.17) is 5.73 Å². The molecule has 8 heteroatoms. The number of nitrogens with zero attached hydrogens (tertiary/aromatic N) is 1. The maximum atomic E-state index is 11.7. The van der Waals surface area contributed by atoms with Crippen molar-refractivity contribution >= 4 is 33.2 Å². The Balaban J connectivity index is 2.08. The van der Waals surface area contributed by atoms with E-state index in [1.807, 2.05) is 36.4 Å². The van der Waals surface area contributed by atoms with Gasteiger partial charge in [0.05, 0.1) is 31.2 Å². The Morgan fingerprint density at radius 1 is 0.935 bits per heavy atom. The number of nitrogens with two attached hydrogens (primary N) is 1. The Kier molecular flexibility index (Phi) is 5.71. The van der Waals surface area contributed by atoms with E-state index in [0.717, 1.165) is 16.9 Å². The van der Waals surface area contributed by atoms with Gasteiger partial charge in [-0.25, -0.2) is 9.78 Å². The van der Waals surface area contributed by atoms with Crippen LogP contribution in [-0.2, 0) is 19.8 Å². The average Bonchev–Trinajstić information content (AvgIpc) is 3.14. The fourth-order valence-electron chi connectivity index (χ4n) is 3.70. The maximum Gasteiger partial charge on any atom is 0.348 e. The molecular formula is C23H20N2O5S. The van der Waals surface area contributed by atoms with Crippen molar-refractivity contribution < 1.29 is 25.2 Å². The molecule has 158 valence electrons. The summed E-state index contributed by atoms with van der Waals surface area (Å²) >= 11 is 1.00. The molecule has 31 heavy (non-hydrogen) atoms. The van der Waals surface area contributed by atoms with Gasteiger partial charge in [0.1, 0.15) is 9.71 Å². The van der Waals surface area contributed by atoms with Crippen molar-refractivity contribution in [3.05, 3.63) is 70.1 Å². The topological polar surface area (TPSA) is 137 Å². The lowest BCUT2D eigenvalue weighted by atomic mass is 9.93. The zero-order valence-electron chi connectivity index (χ0n) is 16.4. The van der Waals surface area contributed by atoms with Crippen molar-refractivity contribution in [2.24, 2.45) is 0 Å². The Labute approximate surface area is 181 Å². The van der Waals surface area contributed by atoms with Gasteiger partial charge in [0.25, 0.3) is 0 Å². The van der Waals surface area contributed by atoms with Crippen LogP contribution in [0.5, 0.6) is 0 Å². The predicted octanol–water partition coefficient (Wildman–Crippen LogP) is 3.39. The Morgan fingerprint density at radius 3 is 2.13 bits per heavy atom. The number of fused-ring (bicyclic) bond motifs is 1. The number of hydrogen-bond acceptors (Lipinski definition) is 7. The number of rotatable bonds is 6. The summed E-state index contributed by atoms with van der Waals surface area (Å²) in [6.45, 7) is -0.969. The zero-order chi connectivity index (χ0) is 22.1. The molecule has 2 aromatic heterocycles. The number of nitrogen functional groups attached to an aromatic ring is 1. The van der Waals surface area contributed by atoms with Crippen molar-refractivity contribution in [1.82, 2.24) is 4.98 Å². The van der Waals surface area contributed by atoms with Crippen LogP contribution < -0.4 is 5.73 Å². The molecule has 0 saturated heterocycles. The second kappa shape index (κ2) is 8.44. The molecule has 0 aliphatic carbocycles. The Morgan fingerprint density at radius 2 is 1.58 bits per heavy atom. The molecule has 0 aliphatic rings. The van der Waals surface area contributed by atoms with Crippen LogP contribution in [0, 0.1) is 0 Å². The van der Waals surface area contributed by atoms with Crippen molar-refractivity contribution in [3.8, 4) is 22.4 Å². The summed E-state index contributed by atoms with van der Waals surface area (Å²) in [5, 5.41) is 39.4. The smallest absolute Gasteiger partial charge is 0.348 e. The van der Waals surface area contributed by atoms with Gasteiger partial charge < -0.3 is 26.2 Å². The standard InChI is InChI=1S/C23H20N2O5S/c24-20-19-16(13-6-14(9-26)17(11-28)15(7-13)10-27)8-18(12-4-2-1-3-5-12)25-22(19)31-21(20)23(29)30/h1-8,26-28H,9-11,24H2,(H,29,30). The second-order valence-corrected chi connectivity index (χ2v) is 8.00. The molecule has 4 aromatic rings. The molecule has 0 aliphatic heterocycles. The van der Waals surface area contributed by atoms with Crippen LogP contribution in [0.1, 0.15) is 26.4 Å². The highest BCUT2D eigenvalue weighted by atomic mass is 32.1. The van der Waals surface area contributed by atoms with E-state index in [1.165, 1.54) is 0 Å². The number of aliphatic hydroxyl groups excluding tert-OH is 3. The van der Waals surface area contributed by atoms with Gasteiger partial charge in [-0.2, -0.15) is 0 Å². The van der Waals surface area contributed by atoms with Crippen LogP contribution in [0.4, 0.5) is 5.69 Å². The number of benzene rings is 2. The number of carbonyl (C=O) groups is 1. The van der Waals surface area contributed by atoms with Gasteiger partial charge in [0, 0.05) is 10.9 Å². The molecule has 0 amide bonds. The largest absolute Gasteiger partial charge is 0.477 e. The average molecular weight is 436 g/mol. The highest BCUT2D eigenvalue weighted by Gasteiger charge is 2.22. The fourth-order valence-corrected chi connectivity index (χ4v) is 4.66. The summed E-state index contributed by atoms with van der Waals surface area (Å²) in [5.74, 6) is -1.13. The number of pyridine rings is 1. The number of carboxylic acid groups (broad SMARTS) is 1. The summed E-state index contributed by atoms with van der Waals surface area (Å²) in [5.41, 5.74) is 10.5. The first kappa shape index (κ1) is 21.0. The number of hydrogen-bond donors (Lipinski definition) is 5. The van der Waals surface area contributed by atoms with Crippen LogP contribution >= 0.6 is 11.3 Å². The van der Waals surface area contributed by atoms with Crippen LogP contribution in [0.25, 0.3) is 32.6 Å². The molecule has 0 radical (unpaired) electrons. The molecule has 4 rings (SSSR count). The van der Waals surface area contributed by atoms with Crippen molar-refractivity contribution in [3.63, 3.8) is 0 Å². The summed E-state index contributed by atoms with van der Waals surface area (Å²) in [7, 11) is 0. The number of aliphatic hydroxyl groups is 3. The number of aromatic carboxylic acids is 1. The molecule has 0 fully saturated rings. The second-order valence-electron chi connectivity index (χ2n) is 7.00. The van der Waals surface area contributed by atoms with E-state index in [-0.39, 0.29) is 30.4 Å². The van der Waals surface area contributed by atoms with E-state index >= 15 is 0 Å². The van der Waals surface area contributed by atoms with Crippen LogP contribution in [0.15, 0.2) is 48.5 Å². The van der Waals surface area contributed by atoms with E-state index in [0.29, 0.717) is 43.7 Å². The summed E-state index contributed by atoms with van der Waals surface area (Å²) < 4.78 is 0. The van der Waals surface area contributed by atoms with E-state index < -0.39 is 5.97 Å². The molecule has 0 unspecified atom stereocenters. The first-order chi connectivity index (χ1) is 15.0. The predicted molar refractivity (Wildman–Crippen MR) is 120 cm³/mol. The van der Waals surface area contributed by atoms with Gasteiger partial charge in [0.2, 0.25) is 0 Å². The summed E-state index contributed by atoms with van der Waals surface area (Å²) in [6.07, 6.45) is 0. The SMILES string of the molecule is Nc1c(C(=O)O)sc2nc(-c3ccccc3)cc(-c3cc(CO)c(CO)c(CO)c3)c12. The molecule has 6 N–H and O–H groups in total. The molecule has 0 atom stereocenters. The molecule has 2 heterocycles. The van der Waals surface area contributed by atoms with Crippen molar-refractivity contribution in [1.29, 1.82) is 0 Å². The van der Waals surface area contributed by atoms with Gasteiger partial charge in [-0.05, 0) is 46.0 Å². The van der Waals surface area contributed by atoms with E-state index in [9.17, 15) is 25.2 Å². The molecule has 0 bridgehead atoms. The van der Waals surface area contributed by atoms with Gasteiger partial charge in [-0.15, -0.1) is 11.3 Å². The quantitative estimate of drug-likeness (QED) is 0.312. The van der Waals surface area contributed by atoms with Crippen molar-refractivity contribution in [2.75, 3.05) is 5.73 Å². The van der Waals surface area contributed by atoms with Crippen molar-refractivity contribution in [2.45, 2.75) is 19.8 Å². The van der Waals surface area contributed by atoms with Gasteiger partial charge in [-0.3, -0.25) is 0 Å². The lowest BCUT2D eigenvalue weighted by Gasteiger charge is -2.15. The normalized spacial score (nSPS) is 11.2. The summed E-state index contributed by atoms with van der Waals surface area (Å²) in [6, 6.07) is 14.7. The first-order valence-electron chi connectivity index (χ1n) is 9.47. The Bertz CT molecular complexity index is 1260. The molecular weight excluding hydrogens is 416 g/mol. The highest BCUT2D eigenvalue weighted by Crippen LogP contribution is 2.42. The minimum atomic E-state index is -1.13. The lowest BCUT2D eigenvalue weighted by Crippen LogP contribution is -2.02.